The minimum atomic E-state index is -0.348. The second-order valence-electron chi connectivity index (χ2n) is 8.32. The number of fused-ring (bicyclic) bond motifs is 1. The fraction of sp³-hybridized carbons (Fsp3) is 0.478. The van der Waals surface area contributed by atoms with Gasteiger partial charge in [0.1, 0.15) is 17.4 Å². The molecular weight excluding hydrogens is 428 g/mol. The van der Waals surface area contributed by atoms with Crippen molar-refractivity contribution in [3.05, 3.63) is 57.1 Å². The van der Waals surface area contributed by atoms with Gasteiger partial charge >= 0.3 is 6.09 Å². The van der Waals surface area contributed by atoms with Crippen molar-refractivity contribution >= 4 is 27.8 Å². The molecule has 0 saturated carbocycles. The van der Waals surface area contributed by atoms with Crippen molar-refractivity contribution in [1.82, 2.24) is 19.4 Å². The Kier molecular flexibility index (Phi) is 5.93. The number of ether oxygens (including phenoxy) is 2. The van der Waals surface area contributed by atoms with Crippen molar-refractivity contribution in [2.75, 3.05) is 19.8 Å². The fourth-order valence-electron chi connectivity index (χ4n) is 4.49. The predicted molar refractivity (Wildman–Crippen MR) is 121 cm³/mol. The van der Waals surface area contributed by atoms with Gasteiger partial charge in [-0.25, -0.2) is 14.8 Å². The first-order valence-electron chi connectivity index (χ1n) is 11.0. The van der Waals surface area contributed by atoms with Gasteiger partial charge in [0.25, 0.3) is 5.56 Å². The molecule has 0 aliphatic carbocycles. The molecule has 0 N–H and O–H groups in total. The lowest BCUT2D eigenvalue weighted by Crippen LogP contribution is -2.31. The van der Waals surface area contributed by atoms with Gasteiger partial charge in [-0.3, -0.25) is 14.3 Å². The zero-order chi connectivity index (χ0) is 22.1. The van der Waals surface area contributed by atoms with E-state index in [9.17, 15) is 9.59 Å². The molecule has 168 valence electrons. The Bertz CT molecular complexity index is 1170. The van der Waals surface area contributed by atoms with Crippen molar-refractivity contribution in [3.8, 4) is 0 Å². The largest absolute Gasteiger partial charge is 0.445 e. The molecule has 2 aliphatic rings. The Labute approximate surface area is 189 Å². The molecule has 5 rings (SSSR count). The van der Waals surface area contributed by atoms with E-state index in [-0.39, 0.29) is 30.2 Å². The van der Waals surface area contributed by atoms with Crippen LogP contribution in [0.15, 0.2) is 35.1 Å². The lowest BCUT2D eigenvalue weighted by Gasteiger charge is -2.22. The Morgan fingerprint density at radius 1 is 1.19 bits per heavy atom. The summed E-state index contributed by atoms with van der Waals surface area (Å²) in [5.41, 5.74) is 1.20. The molecule has 2 aromatic heterocycles. The number of nitrogens with zero attached hydrogens (tertiary/aromatic N) is 4. The molecule has 0 spiro atoms. The van der Waals surface area contributed by atoms with Crippen LogP contribution < -0.4 is 5.56 Å². The monoisotopic (exact) mass is 454 g/mol. The van der Waals surface area contributed by atoms with E-state index in [1.54, 1.807) is 16.5 Å². The van der Waals surface area contributed by atoms with Crippen LogP contribution in [0, 0.1) is 0 Å². The Hall–Kier alpha value is -2.78. The maximum absolute atomic E-state index is 13.0. The van der Waals surface area contributed by atoms with Crippen molar-refractivity contribution in [1.29, 1.82) is 0 Å². The number of carbonyl (C=O) groups excluding carboxylic acids is 1. The maximum atomic E-state index is 13.0. The highest BCUT2D eigenvalue weighted by atomic mass is 32.1. The van der Waals surface area contributed by atoms with Crippen LogP contribution in [0.3, 0.4) is 0 Å². The van der Waals surface area contributed by atoms with Gasteiger partial charge in [0, 0.05) is 32.7 Å². The summed E-state index contributed by atoms with van der Waals surface area (Å²) in [6.45, 7) is 2.23. The molecule has 2 aliphatic heterocycles. The topological polar surface area (TPSA) is 86.6 Å². The first kappa shape index (κ1) is 21.1. The van der Waals surface area contributed by atoms with Gasteiger partial charge in [0.15, 0.2) is 10.3 Å². The Morgan fingerprint density at radius 2 is 1.97 bits per heavy atom. The lowest BCUT2D eigenvalue weighted by molar-refractivity contribution is 0.0828. The van der Waals surface area contributed by atoms with Crippen molar-refractivity contribution in [3.63, 3.8) is 0 Å². The van der Waals surface area contributed by atoms with Crippen LogP contribution in [0.25, 0.3) is 10.3 Å². The number of likely N-dealkylation sites (tertiary alicyclic amines) is 1. The van der Waals surface area contributed by atoms with Crippen LogP contribution in [0.2, 0.25) is 0 Å². The van der Waals surface area contributed by atoms with E-state index >= 15 is 0 Å². The molecule has 32 heavy (non-hydrogen) atoms. The molecule has 0 unspecified atom stereocenters. The number of aromatic nitrogens is 3. The molecule has 3 aromatic rings. The summed E-state index contributed by atoms with van der Waals surface area (Å²) < 4.78 is 12.6. The van der Waals surface area contributed by atoms with Gasteiger partial charge in [0.05, 0.1) is 6.04 Å². The molecule has 0 bridgehead atoms. The summed E-state index contributed by atoms with van der Waals surface area (Å²) >= 11 is 1.41. The maximum Gasteiger partial charge on any atom is 0.410 e. The zero-order valence-electron chi connectivity index (χ0n) is 18.0. The third kappa shape index (κ3) is 4.02. The van der Waals surface area contributed by atoms with Crippen molar-refractivity contribution in [2.45, 2.75) is 44.2 Å². The molecule has 0 radical (unpaired) electrons. The summed E-state index contributed by atoms with van der Waals surface area (Å²) in [4.78, 5) is 37.7. The number of amides is 1. The summed E-state index contributed by atoms with van der Waals surface area (Å²) in [6.07, 6.45) is 3.05. The molecule has 4 heterocycles. The third-order valence-corrected chi connectivity index (χ3v) is 7.31. The molecule has 2 fully saturated rings. The third-order valence-electron chi connectivity index (χ3n) is 6.26. The highest BCUT2D eigenvalue weighted by Crippen LogP contribution is 2.36. The van der Waals surface area contributed by atoms with Gasteiger partial charge in [0.2, 0.25) is 0 Å². The number of benzene rings is 1. The van der Waals surface area contributed by atoms with E-state index in [1.165, 1.54) is 11.3 Å². The van der Waals surface area contributed by atoms with E-state index in [4.69, 9.17) is 14.5 Å². The van der Waals surface area contributed by atoms with Gasteiger partial charge in [-0.05, 0) is 31.2 Å². The standard InChI is InChI=1S/C23H26N4O4S/c1-26-19(16-9-12-30-13-10-16)25-21-18(22(26)28)24-20(32-21)17-8-5-11-27(17)23(29)31-14-15-6-3-2-4-7-15/h2-4,6-7,16-17H,5,8-14H2,1H3/t17-/m1/s1. The van der Waals surface area contributed by atoms with Gasteiger partial charge in [-0.15, -0.1) is 0 Å². The number of carbonyl (C=O) groups is 1. The second kappa shape index (κ2) is 8.99. The number of thiazole rings is 1. The minimum absolute atomic E-state index is 0.129. The Morgan fingerprint density at radius 3 is 2.75 bits per heavy atom. The van der Waals surface area contributed by atoms with E-state index in [0.29, 0.717) is 30.1 Å². The molecule has 1 atom stereocenters. The first-order chi connectivity index (χ1) is 15.6. The number of hydrogen-bond acceptors (Lipinski definition) is 7. The molecule has 9 heteroatoms. The minimum Gasteiger partial charge on any atom is -0.445 e. The van der Waals surface area contributed by atoms with E-state index < -0.39 is 0 Å². The first-order valence-corrected chi connectivity index (χ1v) is 11.9. The highest BCUT2D eigenvalue weighted by Gasteiger charge is 2.34. The molecule has 1 aromatic carbocycles. The average Bonchev–Trinajstić information content (AvgIpc) is 3.48. The number of hydrogen-bond donors (Lipinski definition) is 0. The predicted octanol–water partition coefficient (Wildman–Crippen LogP) is 3.76. The second-order valence-corrected chi connectivity index (χ2v) is 9.33. The van der Waals surface area contributed by atoms with Gasteiger partial charge in [-0.2, -0.15) is 0 Å². The molecular formula is C23H26N4O4S. The fourth-order valence-corrected chi connectivity index (χ4v) is 5.58. The Balaban J connectivity index is 1.39. The average molecular weight is 455 g/mol. The number of rotatable bonds is 4. The summed E-state index contributed by atoms with van der Waals surface area (Å²) in [6, 6.07) is 9.45. The highest BCUT2D eigenvalue weighted by molar-refractivity contribution is 7.18. The van der Waals surface area contributed by atoms with Gasteiger partial charge in [-0.1, -0.05) is 41.7 Å². The van der Waals surface area contributed by atoms with Crippen molar-refractivity contribution < 1.29 is 14.3 Å². The van der Waals surface area contributed by atoms with Crippen LogP contribution in [-0.2, 0) is 23.1 Å². The summed E-state index contributed by atoms with van der Waals surface area (Å²) in [7, 11) is 1.77. The lowest BCUT2D eigenvalue weighted by atomic mass is 9.99. The van der Waals surface area contributed by atoms with Crippen LogP contribution >= 0.6 is 11.3 Å². The van der Waals surface area contributed by atoms with Crippen LogP contribution in [0.5, 0.6) is 0 Å². The van der Waals surface area contributed by atoms with E-state index in [2.05, 4.69) is 4.98 Å². The summed E-state index contributed by atoms with van der Waals surface area (Å²) in [5.74, 6) is 1.01. The van der Waals surface area contributed by atoms with Crippen LogP contribution in [-0.4, -0.2) is 45.3 Å². The van der Waals surface area contributed by atoms with E-state index in [1.807, 2.05) is 30.3 Å². The normalized spacial score (nSPS) is 19.5. The molecule has 2 saturated heterocycles. The molecule has 1 amide bonds. The quantitative estimate of drug-likeness (QED) is 0.597. The smallest absolute Gasteiger partial charge is 0.410 e. The van der Waals surface area contributed by atoms with Gasteiger partial charge < -0.3 is 9.47 Å². The van der Waals surface area contributed by atoms with Crippen LogP contribution in [0.4, 0.5) is 4.79 Å². The van der Waals surface area contributed by atoms with Crippen LogP contribution in [0.1, 0.15) is 54.0 Å². The molecule has 8 nitrogen and oxygen atoms in total. The summed E-state index contributed by atoms with van der Waals surface area (Å²) in [5, 5.41) is 0.753. The SMILES string of the molecule is Cn1c(C2CCOCC2)nc2sc([C@H]3CCCN3C(=O)OCc3ccccc3)nc2c1=O. The zero-order valence-corrected chi connectivity index (χ0v) is 18.8. The van der Waals surface area contributed by atoms with E-state index in [0.717, 1.165) is 42.1 Å². The van der Waals surface area contributed by atoms with Crippen molar-refractivity contribution in [2.24, 2.45) is 7.05 Å².